The zero-order valence-corrected chi connectivity index (χ0v) is 10.9. The molecule has 0 aliphatic heterocycles. The molecule has 2 heterocycles. The van der Waals surface area contributed by atoms with E-state index in [-0.39, 0.29) is 11.1 Å². The lowest BCUT2D eigenvalue weighted by molar-refractivity contribution is 0.102. The minimum absolute atomic E-state index is 0.176. The van der Waals surface area contributed by atoms with Gasteiger partial charge in [0.05, 0.1) is 15.7 Å². The van der Waals surface area contributed by atoms with E-state index in [0.29, 0.717) is 15.7 Å². The summed E-state index contributed by atoms with van der Waals surface area (Å²) in [5.74, 6) is -0.310. The van der Waals surface area contributed by atoms with E-state index in [1.807, 2.05) is 0 Å². The van der Waals surface area contributed by atoms with Gasteiger partial charge < -0.3 is 5.32 Å². The van der Waals surface area contributed by atoms with Crippen LogP contribution >= 0.6 is 27.5 Å². The second-order valence-corrected chi connectivity index (χ2v) is 4.36. The van der Waals surface area contributed by atoms with Gasteiger partial charge in [-0.25, -0.2) is 4.98 Å². The molecular weight excluding hydrogens is 305 g/mol. The number of hydrogen-bond acceptors (Lipinski definition) is 3. The van der Waals surface area contributed by atoms with Gasteiger partial charge in [0.1, 0.15) is 5.15 Å². The summed E-state index contributed by atoms with van der Waals surface area (Å²) in [7, 11) is 0. The fraction of sp³-hybridized carbons (Fsp3) is 0. The van der Waals surface area contributed by atoms with Crippen molar-refractivity contribution in [1.29, 1.82) is 0 Å². The average molecular weight is 313 g/mol. The number of pyridine rings is 2. The highest BCUT2D eigenvalue weighted by Crippen LogP contribution is 2.21. The van der Waals surface area contributed by atoms with Gasteiger partial charge in [0.25, 0.3) is 5.91 Å². The molecule has 0 unspecified atom stereocenters. The molecule has 0 atom stereocenters. The van der Waals surface area contributed by atoms with Crippen molar-refractivity contribution in [2.24, 2.45) is 0 Å². The quantitative estimate of drug-likeness (QED) is 0.867. The number of halogens is 2. The fourth-order valence-electron chi connectivity index (χ4n) is 1.22. The van der Waals surface area contributed by atoms with Crippen molar-refractivity contribution in [3.8, 4) is 0 Å². The van der Waals surface area contributed by atoms with Crippen LogP contribution in [0.5, 0.6) is 0 Å². The first kappa shape index (κ1) is 12.0. The molecule has 0 spiro atoms. The number of amides is 1. The lowest BCUT2D eigenvalue weighted by Gasteiger charge is -2.07. The van der Waals surface area contributed by atoms with E-state index in [9.17, 15) is 4.79 Å². The van der Waals surface area contributed by atoms with Crippen LogP contribution in [0.2, 0.25) is 5.15 Å². The van der Waals surface area contributed by atoms with Gasteiger partial charge >= 0.3 is 0 Å². The minimum Gasteiger partial charge on any atom is -0.321 e. The first-order valence-corrected chi connectivity index (χ1v) is 5.87. The van der Waals surface area contributed by atoms with Crippen LogP contribution in [0, 0.1) is 0 Å². The summed E-state index contributed by atoms with van der Waals surface area (Å²) in [4.78, 5) is 19.7. The molecule has 0 fully saturated rings. The lowest BCUT2D eigenvalue weighted by Crippen LogP contribution is -2.13. The van der Waals surface area contributed by atoms with Gasteiger partial charge in [0.15, 0.2) is 0 Å². The topological polar surface area (TPSA) is 54.9 Å². The van der Waals surface area contributed by atoms with Crippen molar-refractivity contribution in [3.63, 3.8) is 0 Å². The molecule has 2 aromatic heterocycles. The molecule has 6 heteroatoms. The Kier molecular flexibility index (Phi) is 3.71. The van der Waals surface area contributed by atoms with Crippen molar-refractivity contribution in [3.05, 3.63) is 52.0 Å². The van der Waals surface area contributed by atoms with Crippen LogP contribution in [-0.2, 0) is 0 Å². The summed E-state index contributed by atoms with van der Waals surface area (Å²) in [6, 6.07) is 4.95. The summed E-state index contributed by atoms with van der Waals surface area (Å²) >= 11 is 9.12. The average Bonchev–Trinajstić information content (AvgIpc) is 2.32. The number of hydrogen-bond donors (Lipinski definition) is 1. The highest BCUT2D eigenvalue weighted by molar-refractivity contribution is 9.10. The molecule has 4 nitrogen and oxygen atoms in total. The van der Waals surface area contributed by atoms with Gasteiger partial charge in [-0.05, 0) is 34.1 Å². The third kappa shape index (κ3) is 2.81. The zero-order valence-electron chi connectivity index (χ0n) is 8.52. The van der Waals surface area contributed by atoms with E-state index < -0.39 is 0 Å². The van der Waals surface area contributed by atoms with Gasteiger partial charge in [-0.1, -0.05) is 11.6 Å². The second kappa shape index (κ2) is 5.25. The van der Waals surface area contributed by atoms with Gasteiger partial charge in [-0.2, -0.15) is 0 Å². The number of anilines is 1. The fourth-order valence-corrected chi connectivity index (χ4v) is 1.78. The molecule has 2 rings (SSSR count). The van der Waals surface area contributed by atoms with Crippen molar-refractivity contribution in [2.75, 3.05) is 5.32 Å². The third-order valence-corrected chi connectivity index (χ3v) is 2.96. The molecule has 0 aromatic carbocycles. The van der Waals surface area contributed by atoms with Gasteiger partial charge in [0, 0.05) is 18.6 Å². The number of aromatic nitrogens is 2. The Balaban J connectivity index is 2.24. The Hall–Kier alpha value is -1.46. The summed E-state index contributed by atoms with van der Waals surface area (Å²) < 4.78 is 0.702. The van der Waals surface area contributed by atoms with E-state index in [1.54, 1.807) is 30.6 Å². The Morgan fingerprint density at radius 2 is 2.18 bits per heavy atom. The van der Waals surface area contributed by atoms with Crippen LogP contribution in [-0.4, -0.2) is 15.9 Å². The van der Waals surface area contributed by atoms with Crippen LogP contribution in [0.4, 0.5) is 5.69 Å². The molecule has 0 aliphatic carbocycles. The Bertz CT molecular complexity index is 562. The molecule has 2 aromatic rings. The first-order valence-electron chi connectivity index (χ1n) is 4.70. The molecule has 0 bridgehead atoms. The molecule has 0 aliphatic rings. The maximum Gasteiger partial charge on any atom is 0.258 e. The maximum absolute atomic E-state index is 11.9. The standard InChI is InChI=1S/C11H7BrClN3O/c12-8-6-14-5-3-9(8)16-11(17)7-2-1-4-15-10(7)13/h1-6H,(H,14,16,17). The molecule has 0 radical (unpaired) electrons. The van der Waals surface area contributed by atoms with E-state index in [1.165, 1.54) is 6.20 Å². The molecule has 0 saturated heterocycles. The van der Waals surface area contributed by atoms with Gasteiger partial charge in [-0.15, -0.1) is 0 Å². The maximum atomic E-state index is 11.9. The lowest BCUT2D eigenvalue weighted by atomic mass is 10.2. The van der Waals surface area contributed by atoms with Crippen LogP contribution in [0.25, 0.3) is 0 Å². The highest BCUT2D eigenvalue weighted by Gasteiger charge is 2.11. The zero-order chi connectivity index (χ0) is 12.3. The predicted octanol–water partition coefficient (Wildman–Crippen LogP) is 3.14. The van der Waals surface area contributed by atoms with E-state index >= 15 is 0 Å². The molecule has 0 saturated carbocycles. The minimum atomic E-state index is -0.310. The largest absolute Gasteiger partial charge is 0.321 e. The van der Waals surface area contributed by atoms with Crippen LogP contribution in [0.1, 0.15) is 10.4 Å². The smallest absolute Gasteiger partial charge is 0.258 e. The van der Waals surface area contributed by atoms with Gasteiger partial charge in [0.2, 0.25) is 0 Å². The van der Waals surface area contributed by atoms with Crippen LogP contribution < -0.4 is 5.32 Å². The summed E-state index contributed by atoms with van der Waals surface area (Å²) in [5.41, 5.74) is 0.961. The third-order valence-electron chi connectivity index (χ3n) is 2.02. The second-order valence-electron chi connectivity index (χ2n) is 3.15. The molecule has 86 valence electrons. The van der Waals surface area contributed by atoms with Crippen molar-refractivity contribution in [1.82, 2.24) is 9.97 Å². The van der Waals surface area contributed by atoms with Crippen molar-refractivity contribution in [2.45, 2.75) is 0 Å². The summed E-state index contributed by atoms with van der Waals surface area (Å²) in [6.45, 7) is 0. The van der Waals surface area contributed by atoms with Crippen LogP contribution in [0.3, 0.4) is 0 Å². The van der Waals surface area contributed by atoms with Crippen molar-refractivity contribution >= 4 is 39.1 Å². The monoisotopic (exact) mass is 311 g/mol. The molecule has 1 N–H and O–H groups in total. The normalized spacial score (nSPS) is 10.0. The Morgan fingerprint density at radius 3 is 2.88 bits per heavy atom. The number of rotatable bonds is 2. The van der Waals surface area contributed by atoms with Gasteiger partial charge in [-0.3, -0.25) is 9.78 Å². The number of nitrogens with one attached hydrogen (secondary N) is 1. The Morgan fingerprint density at radius 1 is 1.35 bits per heavy atom. The highest BCUT2D eigenvalue weighted by atomic mass is 79.9. The number of carbonyl (C=O) groups is 1. The predicted molar refractivity (Wildman–Crippen MR) is 69.1 cm³/mol. The first-order chi connectivity index (χ1) is 8.18. The number of nitrogens with zero attached hydrogens (tertiary/aromatic N) is 2. The summed E-state index contributed by atoms with van der Waals surface area (Å²) in [6.07, 6.45) is 4.72. The van der Waals surface area contributed by atoms with E-state index in [2.05, 4.69) is 31.2 Å². The van der Waals surface area contributed by atoms with Crippen molar-refractivity contribution < 1.29 is 4.79 Å². The molecular formula is C11H7BrClN3O. The SMILES string of the molecule is O=C(Nc1ccncc1Br)c1cccnc1Cl. The molecule has 17 heavy (non-hydrogen) atoms. The molecule has 1 amide bonds. The summed E-state index contributed by atoms with van der Waals surface area (Å²) in [5, 5.41) is 2.89. The van der Waals surface area contributed by atoms with Crippen LogP contribution in [0.15, 0.2) is 41.3 Å². The number of carbonyl (C=O) groups excluding carboxylic acids is 1. The van der Waals surface area contributed by atoms with E-state index in [4.69, 9.17) is 11.6 Å². The van der Waals surface area contributed by atoms with E-state index in [0.717, 1.165) is 0 Å². The Labute approximate surface area is 111 Å².